The van der Waals surface area contributed by atoms with Crippen molar-refractivity contribution < 1.29 is 19.8 Å². The molecule has 17 heavy (non-hydrogen) atoms. The van der Waals surface area contributed by atoms with Crippen LogP contribution in [-0.4, -0.2) is 33.5 Å². The molecular weight excluding hydrogens is 290 g/mol. The molecule has 0 aromatic heterocycles. The normalized spacial score (nSPS) is 9.53. The van der Waals surface area contributed by atoms with Gasteiger partial charge in [-0.3, -0.25) is 9.59 Å². The van der Waals surface area contributed by atoms with Gasteiger partial charge in [0.25, 0.3) is 0 Å². The zero-order valence-electron chi connectivity index (χ0n) is 8.44. The molecule has 0 aliphatic rings. The van der Waals surface area contributed by atoms with Crippen molar-refractivity contribution in [2.45, 2.75) is 0 Å². The predicted octanol–water partition coefficient (Wildman–Crippen LogP) is 2.36. The third kappa shape index (κ3) is 3.49. The number of Topliss-reactive ketones (excluding diaryl/α,β-unsaturated/α-hetero) is 2. The minimum absolute atomic E-state index is 0. The Balaban J connectivity index is 0.00000256. The lowest BCUT2D eigenvalue weighted by Crippen LogP contribution is -2.11. The molecule has 1 aromatic carbocycles. The second kappa shape index (κ2) is 6.69. The van der Waals surface area contributed by atoms with Crippen LogP contribution in [0.2, 0.25) is 0 Å². The summed E-state index contributed by atoms with van der Waals surface area (Å²) in [7, 11) is 0. The molecule has 0 saturated carbocycles. The van der Waals surface area contributed by atoms with Gasteiger partial charge in [0.15, 0.2) is 23.1 Å². The van der Waals surface area contributed by atoms with Gasteiger partial charge in [-0.15, -0.1) is 35.6 Å². The van der Waals surface area contributed by atoms with Crippen LogP contribution in [0.3, 0.4) is 0 Å². The van der Waals surface area contributed by atoms with Crippen LogP contribution < -0.4 is 0 Å². The fourth-order valence-electron chi connectivity index (χ4n) is 1.18. The van der Waals surface area contributed by atoms with Crippen LogP contribution in [0.5, 0.6) is 11.5 Å². The van der Waals surface area contributed by atoms with Crippen LogP contribution >= 0.6 is 35.6 Å². The maximum Gasteiger partial charge on any atom is 0.178 e. The Kier molecular flexibility index (Phi) is 6.31. The molecule has 0 unspecified atom stereocenters. The molecule has 4 nitrogen and oxygen atoms in total. The number of hydrogen-bond donors (Lipinski definition) is 2. The predicted molar refractivity (Wildman–Crippen MR) is 67.1 cm³/mol. The highest BCUT2D eigenvalue weighted by molar-refractivity contribution is 6.34. The van der Waals surface area contributed by atoms with Crippen molar-refractivity contribution in [2.75, 3.05) is 11.8 Å². The first kappa shape index (κ1) is 16.0. The van der Waals surface area contributed by atoms with E-state index < -0.39 is 23.1 Å². The number of hydrogen-bond acceptors (Lipinski definition) is 4. The summed E-state index contributed by atoms with van der Waals surface area (Å²) in [4.78, 5) is 22.8. The number of carbonyl (C=O) groups excluding carboxylic acids is 2. The Morgan fingerprint density at radius 1 is 0.941 bits per heavy atom. The Morgan fingerprint density at radius 2 is 1.24 bits per heavy atom. The van der Waals surface area contributed by atoms with Gasteiger partial charge in [0.1, 0.15) is 0 Å². The Labute approximate surface area is 114 Å². The van der Waals surface area contributed by atoms with Crippen molar-refractivity contribution >= 4 is 47.2 Å². The number of alkyl halides is 2. The number of phenols is 2. The molecule has 0 bridgehead atoms. The number of aromatic hydroxyl groups is 2. The number of rotatable bonds is 4. The number of carbonyl (C=O) groups is 2. The zero-order valence-corrected chi connectivity index (χ0v) is 10.8. The number of benzene rings is 1. The highest BCUT2D eigenvalue weighted by atomic mass is 35.5. The molecule has 94 valence electrons. The van der Waals surface area contributed by atoms with Crippen LogP contribution in [0.25, 0.3) is 0 Å². The van der Waals surface area contributed by atoms with Crippen molar-refractivity contribution in [3.05, 3.63) is 23.3 Å². The summed E-state index contributed by atoms with van der Waals surface area (Å²) in [5, 5.41) is 18.5. The summed E-state index contributed by atoms with van der Waals surface area (Å²) in [6, 6.07) is 2.00. The maximum absolute atomic E-state index is 11.4. The highest BCUT2D eigenvalue weighted by Gasteiger charge is 2.18. The van der Waals surface area contributed by atoms with E-state index in [1.54, 1.807) is 0 Å². The lowest BCUT2D eigenvalue weighted by atomic mass is 10.0. The monoisotopic (exact) mass is 298 g/mol. The van der Waals surface area contributed by atoms with Crippen molar-refractivity contribution in [2.24, 2.45) is 0 Å². The largest absolute Gasteiger partial charge is 0.504 e. The molecule has 0 aliphatic heterocycles. The van der Waals surface area contributed by atoms with E-state index in [2.05, 4.69) is 0 Å². The third-order valence-electron chi connectivity index (χ3n) is 1.96. The molecule has 0 saturated heterocycles. The van der Waals surface area contributed by atoms with E-state index in [4.69, 9.17) is 23.2 Å². The summed E-state index contributed by atoms with van der Waals surface area (Å²) in [6.45, 7) is 0. The van der Waals surface area contributed by atoms with Gasteiger partial charge in [-0.1, -0.05) is 0 Å². The van der Waals surface area contributed by atoms with Gasteiger partial charge in [0, 0.05) is 11.1 Å². The van der Waals surface area contributed by atoms with Crippen LogP contribution in [0, 0.1) is 0 Å². The molecule has 7 heteroatoms. The summed E-state index contributed by atoms with van der Waals surface area (Å²) in [5.41, 5.74) is -0.0908. The van der Waals surface area contributed by atoms with Crippen LogP contribution in [0.15, 0.2) is 12.1 Å². The minimum Gasteiger partial charge on any atom is -0.504 e. The fraction of sp³-hybridized carbons (Fsp3) is 0.200. The van der Waals surface area contributed by atoms with Crippen molar-refractivity contribution in [3.63, 3.8) is 0 Å². The SMILES string of the molecule is Cl.O=C(CCl)c1cc(O)c(O)cc1C(=O)CCl. The summed E-state index contributed by atoms with van der Waals surface area (Å²) in [6.07, 6.45) is 0. The van der Waals surface area contributed by atoms with E-state index in [1.807, 2.05) is 0 Å². The van der Waals surface area contributed by atoms with Gasteiger partial charge in [-0.05, 0) is 12.1 Å². The van der Waals surface area contributed by atoms with E-state index in [0.29, 0.717) is 0 Å². The first-order valence-corrected chi connectivity index (χ1v) is 5.32. The zero-order chi connectivity index (χ0) is 12.3. The lowest BCUT2D eigenvalue weighted by Gasteiger charge is -2.07. The first-order chi connectivity index (χ1) is 7.51. The maximum atomic E-state index is 11.4. The molecule has 0 fully saturated rings. The molecule has 1 rings (SSSR count). The van der Waals surface area contributed by atoms with Gasteiger partial charge >= 0.3 is 0 Å². The molecule has 0 spiro atoms. The van der Waals surface area contributed by atoms with Crippen LogP contribution in [-0.2, 0) is 0 Å². The molecule has 0 amide bonds. The number of halogens is 3. The van der Waals surface area contributed by atoms with E-state index in [-0.39, 0.29) is 35.3 Å². The standard InChI is InChI=1S/C10H8Cl2O4.ClH/c11-3-9(15)5-1-7(13)8(14)2-6(5)10(16)4-12;/h1-2,13-14H,3-4H2;1H. The van der Waals surface area contributed by atoms with Gasteiger partial charge in [-0.25, -0.2) is 0 Å². The second-order valence-corrected chi connectivity index (χ2v) is 3.53. The van der Waals surface area contributed by atoms with Crippen molar-refractivity contribution in [3.8, 4) is 11.5 Å². The third-order valence-corrected chi connectivity index (χ3v) is 2.44. The van der Waals surface area contributed by atoms with Crippen molar-refractivity contribution in [1.82, 2.24) is 0 Å². The molecule has 0 atom stereocenters. The quantitative estimate of drug-likeness (QED) is 0.508. The number of ketones is 2. The summed E-state index contributed by atoms with van der Waals surface area (Å²) < 4.78 is 0. The van der Waals surface area contributed by atoms with Gasteiger partial charge in [0.2, 0.25) is 0 Å². The van der Waals surface area contributed by atoms with Gasteiger partial charge < -0.3 is 10.2 Å². The molecule has 0 aliphatic carbocycles. The van der Waals surface area contributed by atoms with E-state index in [0.717, 1.165) is 12.1 Å². The Morgan fingerprint density at radius 3 is 1.47 bits per heavy atom. The smallest absolute Gasteiger partial charge is 0.178 e. The molecular formula is C10H9Cl3O4. The van der Waals surface area contributed by atoms with Gasteiger partial charge in [-0.2, -0.15) is 0 Å². The molecule has 2 N–H and O–H groups in total. The van der Waals surface area contributed by atoms with Crippen LogP contribution in [0.4, 0.5) is 0 Å². The minimum atomic E-state index is -0.523. The second-order valence-electron chi connectivity index (χ2n) is 3.00. The highest BCUT2D eigenvalue weighted by Crippen LogP contribution is 2.29. The average Bonchev–Trinajstić information content (AvgIpc) is 2.30. The molecule has 1 aromatic rings. The Hall–Kier alpha value is -0.970. The lowest BCUT2D eigenvalue weighted by molar-refractivity contribution is 0.0984. The Bertz CT molecular complexity index is 404. The fourth-order valence-corrected chi connectivity index (χ4v) is 1.47. The van der Waals surface area contributed by atoms with Gasteiger partial charge in [0.05, 0.1) is 11.8 Å². The summed E-state index contributed by atoms with van der Waals surface area (Å²) >= 11 is 10.7. The molecule has 0 radical (unpaired) electrons. The van der Waals surface area contributed by atoms with E-state index in [9.17, 15) is 19.8 Å². The van der Waals surface area contributed by atoms with Crippen molar-refractivity contribution in [1.29, 1.82) is 0 Å². The van der Waals surface area contributed by atoms with E-state index >= 15 is 0 Å². The first-order valence-electron chi connectivity index (χ1n) is 4.25. The average molecular weight is 300 g/mol. The summed E-state index contributed by atoms with van der Waals surface area (Å²) in [5.74, 6) is -2.67. The topological polar surface area (TPSA) is 74.6 Å². The van der Waals surface area contributed by atoms with Crippen LogP contribution in [0.1, 0.15) is 20.7 Å². The molecule has 0 heterocycles. The van der Waals surface area contributed by atoms with E-state index in [1.165, 1.54) is 0 Å². The number of phenolic OH excluding ortho intramolecular Hbond substituents is 2.